The molecule has 26 heavy (non-hydrogen) atoms. The number of rotatable bonds is 7. The summed E-state index contributed by atoms with van der Waals surface area (Å²) in [5.41, 5.74) is 2.64. The fourth-order valence-corrected chi connectivity index (χ4v) is 2.65. The maximum atomic E-state index is 12.1. The number of hydrogen-bond donors (Lipinski definition) is 2. The molecule has 0 atom stereocenters. The first-order valence-electron chi connectivity index (χ1n) is 8.26. The Kier molecular flexibility index (Phi) is 6.28. The Morgan fingerprint density at radius 2 is 1.58 bits per heavy atom. The predicted molar refractivity (Wildman–Crippen MR) is 108 cm³/mol. The van der Waals surface area contributed by atoms with Gasteiger partial charge in [0.15, 0.2) is 0 Å². The van der Waals surface area contributed by atoms with Crippen LogP contribution in [0.2, 0.25) is 0 Å². The molecule has 0 bridgehead atoms. The van der Waals surface area contributed by atoms with Crippen LogP contribution in [-0.2, 0) is 11.4 Å². The zero-order valence-corrected chi connectivity index (χ0v) is 15.7. The van der Waals surface area contributed by atoms with E-state index in [0.717, 1.165) is 21.4 Å². The van der Waals surface area contributed by atoms with Crippen LogP contribution in [0, 0.1) is 0 Å². The average Bonchev–Trinajstić information content (AvgIpc) is 2.68. The summed E-state index contributed by atoms with van der Waals surface area (Å²) in [4.78, 5) is 12.1. The summed E-state index contributed by atoms with van der Waals surface area (Å²) >= 11 is 3.37. The number of carbonyl (C=O) groups excluding carboxylic acids is 1. The molecule has 132 valence electrons. The highest BCUT2D eigenvalue weighted by Gasteiger charge is 2.06. The lowest BCUT2D eigenvalue weighted by Gasteiger charge is -2.13. The van der Waals surface area contributed by atoms with Crippen molar-refractivity contribution >= 4 is 33.2 Å². The molecule has 0 saturated carbocycles. The summed E-state index contributed by atoms with van der Waals surface area (Å²) < 4.78 is 6.86. The van der Waals surface area contributed by atoms with E-state index in [0.29, 0.717) is 12.4 Å². The van der Waals surface area contributed by atoms with Crippen molar-refractivity contribution in [3.8, 4) is 5.75 Å². The van der Waals surface area contributed by atoms with Gasteiger partial charge in [0.25, 0.3) is 0 Å². The molecule has 0 aromatic heterocycles. The third-order valence-corrected chi connectivity index (χ3v) is 4.22. The van der Waals surface area contributed by atoms with Crippen molar-refractivity contribution in [2.24, 2.45) is 0 Å². The molecule has 3 aromatic rings. The minimum atomic E-state index is -0.120. The molecule has 5 heteroatoms. The second kappa shape index (κ2) is 9.06. The molecule has 3 aromatic carbocycles. The Hall–Kier alpha value is -2.79. The Morgan fingerprint density at radius 3 is 2.35 bits per heavy atom. The second-order valence-corrected chi connectivity index (χ2v) is 6.59. The van der Waals surface area contributed by atoms with Crippen LogP contribution in [0.25, 0.3) is 0 Å². The van der Waals surface area contributed by atoms with E-state index < -0.39 is 0 Å². The van der Waals surface area contributed by atoms with E-state index in [9.17, 15) is 4.79 Å². The number of hydrogen-bond acceptors (Lipinski definition) is 3. The highest BCUT2D eigenvalue weighted by atomic mass is 79.9. The number of nitrogens with one attached hydrogen (secondary N) is 2. The van der Waals surface area contributed by atoms with Crippen molar-refractivity contribution in [3.63, 3.8) is 0 Å². The Labute approximate surface area is 161 Å². The number of amides is 1. The summed E-state index contributed by atoms with van der Waals surface area (Å²) in [7, 11) is 0. The molecule has 0 aliphatic rings. The van der Waals surface area contributed by atoms with Crippen LogP contribution >= 0.6 is 15.9 Å². The molecule has 0 aliphatic carbocycles. The van der Waals surface area contributed by atoms with Crippen LogP contribution in [0.15, 0.2) is 83.3 Å². The molecule has 0 aliphatic heterocycles. The van der Waals surface area contributed by atoms with Crippen LogP contribution in [-0.4, -0.2) is 12.5 Å². The number of ether oxygens (including phenoxy) is 1. The van der Waals surface area contributed by atoms with Gasteiger partial charge in [-0.3, -0.25) is 4.79 Å². The summed E-state index contributed by atoms with van der Waals surface area (Å²) in [6.45, 7) is 0.631. The van der Waals surface area contributed by atoms with Gasteiger partial charge in [0.2, 0.25) is 5.91 Å². The third kappa shape index (κ3) is 5.36. The Bertz CT molecular complexity index is 851. The number of para-hydroxylation sites is 2. The van der Waals surface area contributed by atoms with Crippen LogP contribution in [0.1, 0.15) is 5.56 Å². The maximum Gasteiger partial charge on any atom is 0.243 e. The molecule has 2 N–H and O–H groups in total. The van der Waals surface area contributed by atoms with Gasteiger partial charge < -0.3 is 15.4 Å². The summed E-state index contributed by atoms with van der Waals surface area (Å²) in [6, 6.07) is 25.0. The van der Waals surface area contributed by atoms with Crippen molar-refractivity contribution in [1.29, 1.82) is 0 Å². The molecule has 0 heterocycles. The first-order chi connectivity index (χ1) is 12.7. The normalized spacial score (nSPS) is 10.2. The maximum absolute atomic E-state index is 12.1. The van der Waals surface area contributed by atoms with Crippen LogP contribution in [0.3, 0.4) is 0 Å². The molecule has 0 saturated heterocycles. The molecular weight excluding hydrogens is 392 g/mol. The molecule has 1 amide bonds. The fourth-order valence-electron chi connectivity index (χ4n) is 2.39. The molecule has 4 nitrogen and oxygen atoms in total. The van der Waals surface area contributed by atoms with Gasteiger partial charge in [-0.1, -0.05) is 58.4 Å². The summed E-state index contributed by atoms with van der Waals surface area (Å²) in [5, 5.41) is 5.99. The van der Waals surface area contributed by atoms with Gasteiger partial charge in [0.1, 0.15) is 12.4 Å². The standard InChI is InChI=1S/C21H19BrN2O2/c22-17-10-12-18(13-11-17)24-21(25)14-23-19-8-4-5-9-20(19)26-15-16-6-2-1-3-7-16/h1-13,23H,14-15H2,(H,24,25). The zero-order valence-electron chi connectivity index (χ0n) is 14.1. The topological polar surface area (TPSA) is 50.4 Å². The van der Waals surface area contributed by atoms with E-state index in [2.05, 4.69) is 26.6 Å². The monoisotopic (exact) mass is 410 g/mol. The molecule has 0 radical (unpaired) electrons. The summed E-state index contributed by atoms with van der Waals surface area (Å²) in [5.74, 6) is 0.595. The SMILES string of the molecule is O=C(CNc1ccccc1OCc1ccccc1)Nc1ccc(Br)cc1. The van der Waals surface area contributed by atoms with Gasteiger partial charge in [-0.25, -0.2) is 0 Å². The van der Waals surface area contributed by atoms with Gasteiger partial charge in [0.05, 0.1) is 12.2 Å². The van der Waals surface area contributed by atoms with E-state index in [1.54, 1.807) is 0 Å². The smallest absolute Gasteiger partial charge is 0.243 e. The van der Waals surface area contributed by atoms with E-state index >= 15 is 0 Å². The van der Waals surface area contributed by atoms with Crippen molar-refractivity contribution in [2.75, 3.05) is 17.2 Å². The zero-order chi connectivity index (χ0) is 18.2. The van der Waals surface area contributed by atoms with Crippen LogP contribution < -0.4 is 15.4 Å². The van der Waals surface area contributed by atoms with E-state index in [1.165, 1.54) is 0 Å². The lowest BCUT2D eigenvalue weighted by molar-refractivity contribution is -0.114. The van der Waals surface area contributed by atoms with Gasteiger partial charge in [0, 0.05) is 10.2 Å². The van der Waals surface area contributed by atoms with E-state index in [-0.39, 0.29) is 12.5 Å². The molecule has 3 rings (SSSR count). The predicted octanol–water partition coefficient (Wildman–Crippen LogP) is 5.08. The third-order valence-electron chi connectivity index (χ3n) is 3.69. The van der Waals surface area contributed by atoms with Gasteiger partial charge in [-0.2, -0.15) is 0 Å². The van der Waals surface area contributed by atoms with Crippen molar-refractivity contribution < 1.29 is 9.53 Å². The van der Waals surface area contributed by atoms with E-state index in [1.807, 2.05) is 78.9 Å². The Morgan fingerprint density at radius 1 is 0.885 bits per heavy atom. The number of halogens is 1. The van der Waals surface area contributed by atoms with E-state index in [4.69, 9.17) is 4.74 Å². The lowest BCUT2D eigenvalue weighted by Crippen LogP contribution is -2.21. The number of benzene rings is 3. The van der Waals surface area contributed by atoms with Crippen LogP contribution in [0.4, 0.5) is 11.4 Å². The minimum absolute atomic E-state index is 0.120. The average molecular weight is 411 g/mol. The first kappa shape index (κ1) is 18.0. The Balaban J connectivity index is 1.56. The summed E-state index contributed by atoms with van der Waals surface area (Å²) in [6.07, 6.45) is 0. The molecule has 0 unspecified atom stereocenters. The largest absolute Gasteiger partial charge is 0.487 e. The van der Waals surface area contributed by atoms with Gasteiger partial charge in [-0.05, 0) is 42.0 Å². The minimum Gasteiger partial charge on any atom is -0.487 e. The fraction of sp³-hybridized carbons (Fsp3) is 0.0952. The first-order valence-corrected chi connectivity index (χ1v) is 9.05. The van der Waals surface area contributed by atoms with Gasteiger partial charge in [-0.15, -0.1) is 0 Å². The quantitative estimate of drug-likeness (QED) is 0.570. The molecular formula is C21H19BrN2O2. The molecule has 0 spiro atoms. The molecule has 0 fully saturated rings. The van der Waals surface area contributed by atoms with Gasteiger partial charge >= 0.3 is 0 Å². The van der Waals surface area contributed by atoms with Crippen LogP contribution in [0.5, 0.6) is 5.75 Å². The van der Waals surface area contributed by atoms with Crippen molar-refractivity contribution in [2.45, 2.75) is 6.61 Å². The lowest BCUT2D eigenvalue weighted by atomic mass is 10.2. The highest BCUT2D eigenvalue weighted by Crippen LogP contribution is 2.24. The number of carbonyl (C=O) groups is 1. The second-order valence-electron chi connectivity index (χ2n) is 5.68. The highest BCUT2D eigenvalue weighted by molar-refractivity contribution is 9.10. The van der Waals surface area contributed by atoms with Crippen molar-refractivity contribution in [1.82, 2.24) is 0 Å². The number of anilines is 2. The van der Waals surface area contributed by atoms with Crippen molar-refractivity contribution in [3.05, 3.63) is 88.9 Å².